The summed E-state index contributed by atoms with van der Waals surface area (Å²) in [6.07, 6.45) is 3.05. The highest BCUT2D eigenvalue weighted by atomic mass is 79.9. The molecular formula is C12H16BrN3. The number of hydrogen-bond acceptors (Lipinski definition) is 2. The Morgan fingerprint density at radius 1 is 1.38 bits per heavy atom. The maximum absolute atomic E-state index is 4.41. The summed E-state index contributed by atoms with van der Waals surface area (Å²) in [5.41, 5.74) is 1.20. The summed E-state index contributed by atoms with van der Waals surface area (Å²) in [5, 5.41) is 5.61. The number of hydrogen-bond donors (Lipinski definition) is 0. The van der Waals surface area contributed by atoms with E-state index in [4.69, 9.17) is 0 Å². The molecule has 1 aromatic heterocycles. The predicted molar refractivity (Wildman–Crippen MR) is 70.6 cm³/mol. The van der Waals surface area contributed by atoms with Gasteiger partial charge < -0.3 is 4.90 Å². The lowest BCUT2D eigenvalue weighted by Gasteiger charge is -2.09. The smallest absolute Gasteiger partial charge is 0.0693 e. The third-order valence-electron chi connectivity index (χ3n) is 2.58. The largest absolute Gasteiger partial charge is 0.309 e. The van der Waals surface area contributed by atoms with E-state index in [1.807, 2.05) is 12.3 Å². The van der Waals surface area contributed by atoms with Crippen LogP contribution >= 0.6 is 15.9 Å². The third-order valence-corrected chi connectivity index (χ3v) is 3.08. The zero-order valence-electron chi connectivity index (χ0n) is 9.65. The maximum atomic E-state index is 4.41. The number of rotatable bonds is 4. The first-order chi connectivity index (χ1) is 7.66. The molecule has 1 heterocycles. The summed E-state index contributed by atoms with van der Waals surface area (Å²) in [5.74, 6) is 0. The van der Waals surface area contributed by atoms with E-state index in [-0.39, 0.29) is 0 Å². The Labute approximate surface area is 104 Å². The molecule has 3 nitrogen and oxygen atoms in total. The van der Waals surface area contributed by atoms with Crippen molar-refractivity contribution in [2.45, 2.75) is 13.0 Å². The Hall–Kier alpha value is -0.870. The van der Waals surface area contributed by atoms with Crippen LogP contribution in [0.3, 0.4) is 0 Å². The molecule has 1 aromatic carbocycles. The van der Waals surface area contributed by atoms with Crippen LogP contribution in [0, 0.1) is 0 Å². The van der Waals surface area contributed by atoms with Gasteiger partial charge in [-0.15, -0.1) is 0 Å². The SMILES string of the molecule is CN(C)CCCn1ncc2ccc(Br)cc21. The molecule has 2 aromatic rings. The van der Waals surface area contributed by atoms with Crippen LogP contribution in [0.1, 0.15) is 6.42 Å². The molecule has 0 fully saturated rings. The van der Waals surface area contributed by atoms with E-state index in [1.165, 1.54) is 10.9 Å². The maximum Gasteiger partial charge on any atom is 0.0693 e. The predicted octanol–water partition coefficient (Wildman–Crippen LogP) is 2.75. The fourth-order valence-electron chi connectivity index (χ4n) is 1.76. The summed E-state index contributed by atoms with van der Waals surface area (Å²) < 4.78 is 3.18. The molecule has 0 bridgehead atoms. The van der Waals surface area contributed by atoms with Crippen LogP contribution in [0.15, 0.2) is 28.9 Å². The van der Waals surface area contributed by atoms with Gasteiger partial charge in [-0.2, -0.15) is 5.10 Å². The summed E-state index contributed by atoms with van der Waals surface area (Å²) in [6.45, 7) is 2.06. The zero-order valence-corrected chi connectivity index (χ0v) is 11.2. The van der Waals surface area contributed by atoms with Crippen LogP contribution in [-0.4, -0.2) is 35.3 Å². The topological polar surface area (TPSA) is 21.1 Å². The van der Waals surface area contributed by atoms with Crippen LogP contribution < -0.4 is 0 Å². The van der Waals surface area contributed by atoms with E-state index in [2.05, 4.69) is 56.8 Å². The van der Waals surface area contributed by atoms with Gasteiger partial charge in [-0.3, -0.25) is 4.68 Å². The highest BCUT2D eigenvalue weighted by Gasteiger charge is 2.02. The molecule has 0 aliphatic heterocycles. The van der Waals surface area contributed by atoms with E-state index >= 15 is 0 Å². The molecule has 0 amide bonds. The first-order valence-corrected chi connectivity index (χ1v) is 6.22. The quantitative estimate of drug-likeness (QED) is 0.859. The zero-order chi connectivity index (χ0) is 11.5. The van der Waals surface area contributed by atoms with E-state index < -0.39 is 0 Å². The number of aryl methyl sites for hydroxylation is 1. The van der Waals surface area contributed by atoms with Gasteiger partial charge in [0, 0.05) is 16.4 Å². The summed E-state index contributed by atoms with van der Waals surface area (Å²) in [4.78, 5) is 2.20. The Balaban J connectivity index is 2.15. The molecule has 0 atom stereocenters. The standard InChI is InChI=1S/C12H16BrN3/c1-15(2)6-3-7-16-12-8-11(13)5-4-10(12)9-14-16/h4-5,8-9H,3,6-7H2,1-2H3. The summed E-state index contributed by atoms with van der Waals surface area (Å²) in [7, 11) is 4.19. The van der Waals surface area contributed by atoms with Crippen molar-refractivity contribution in [2.24, 2.45) is 0 Å². The van der Waals surface area contributed by atoms with Crippen molar-refractivity contribution in [3.05, 3.63) is 28.9 Å². The molecule has 0 saturated carbocycles. The Kier molecular flexibility index (Phi) is 3.61. The minimum atomic E-state index is 0.970. The lowest BCUT2D eigenvalue weighted by Crippen LogP contribution is -2.15. The van der Waals surface area contributed by atoms with Crippen LogP contribution in [0.25, 0.3) is 10.9 Å². The van der Waals surface area contributed by atoms with E-state index in [1.54, 1.807) is 0 Å². The highest BCUT2D eigenvalue weighted by Crippen LogP contribution is 2.19. The van der Waals surface area contributed by atoms with Crippen molar-refractivity contribution in [3.8, 4) is 0 Å². The summed E-state index contributed by atoms with van der Waals surface area (Å²) in [6, 6.07) is 6.26. The fourth-order valence-corrected chi connectivity index (χ4v) is 2.11. The average molecular weight is 282 g/mol. The summed E-state index contributed by atoms with van der Waals surface area (Å²) >= 11 is 3.49. The molecular weight excluding hydrogens is 266 g/mol. The molecule has 0 N–H and O–H groups in total. The average Bonchev–Trinajstić information content (AvgIpc) is 2.60. The Morgan fingerprint density at radius 2 is 2.19 bits per heavy atom. The monoisotopic (exact) mass is 281 g/mol. The van der Waals surface area contributed by atoms with Gasteiger partial charge in [-0.25, -0.2) is 0 Å². The van der Waals surface area contributed by atoms with Crippen LogP contribution in [0.5, 0.6) is 0 Å². The molecule has 0 radical (unpaired) electrons. The highest BCUT2D eigenvalue weighted by molar-refractivity contribution is 9.10. The number of aromatic nitrogens is 2. The minimum absolute atomic E-state index is 0.970. The minimum Gasteiger partial charge on any atom is -0.309 e. The van der Waals surface area contributed by atoms with Crippen molar-refractivity contribution < 1.29 is 0 Å². The van der Waals surface area contributed by atoms with Gasteiger partial charge in [-0.05, 0) is 39.2 Å². The number of fused-ring (bicyclic) bond motifs is 1. The molecule has 16 heavy (non-hydrogen) atoms. The lowest BCUT2D eigenvalue weighted by molar-refractivity contribution is 0.382. The number of halogens is 1. The van der Waals surface area contributed by atoms with Gasteiger partial charge in [0.2, 0.25) is 0 Å². The second-order valence-electron chi connectivity index (χ2n) is 4.23. The fraction of sp³-hybridized carbons (Fsp3) is 0.417. The molecule has 0 saturated heterocycles. The molecule has 0 spiro atoms. The van der Waals surface area contributed by atoms with Crippen LogP contribution in [-0.2, 0) is 6.54 Å². The number of nitrogens with zero attached hydrogens (tertiary/aromatic N) is 3. The van der Waals surface area contributed by atoms with Crippen molar-refractivity contribution in [3.63, 3.8) is 0 Å². The first-order valence-electron chi connectivity index (χ1n) is 5.42. The normalized spacial score (nSPS) is 11.5. The Morgan fingerprint density at radius 3 is 2.94 bits per heavy atom. The van der Waals surface area contributed by atoms with E-state index in [0.29, 0.717) is 0 Å². The molecule has 0 aliphatic rings. The second-order valence-corrected chi connectivity index (χ2v) is 5.14. The van der Waals surface area contributed by atoms with Crippen molar-refractivity contribution in [1.29, 1.82) is 0 Å². The number of benzene rings is 1. The van der Waals surface area contributed by atoms with Gasteiger partial charge in [0.15, 0.2) is 0 Å². The van der Waals surface area contributed by atoms with E-state index in [9.17, 15) is 0 Å². The van der Waals surface area contributed by atoms with Crippen molar-refractivity contribution >= 4 is 26.8 Å². The van der Waals surface area contributed by atoms with E-state index in [0.717, 1.165) is 24.0 Å². The molecule has 4 heteroatoms. The van der Waals surface area contributed by atoms with Gasteiger partial charge in [-0.1, -0.05) is 22.0 Å². The van der Waals surface area contributed by atoms with Gasteiger partial charge in [0.25, 0.3) is 0 Å². The van der Waals surface area contributed by atoms with Crippen LogP contribution in [0.4, 0.5) is 0 Å². The third kappa shape index (κ3) is 2.62. The lowest BCUT2D eigenvalue weighted by atomic mass is 10.2. The van der Waals surface area contributed by atoms with Gasteiger partial charge in [0.1, 0.15) is 0 Å². The molecule has 0 aliphatic carbocycles. The Bertz CT molecular complexity index is 476. The van der Waals surface area contributed by atoms with Crippen LogP contribution in [0.2, 0.25) is 0 Å². The van der Waals surface area contributed by atoms with Crippen molar-refractivity contribution in [2.75, 3.05) is 20.6 Å². The first kappa shape index (κ1) is 11.6. The van der Waals surface area contributed by atoms with Gasteiger partial charge in [0.05, 0.1) is 11.7 Å². The molecule has 0 unspecified atom stereocenters. The van der Waals surface area contributed by atoms with Gasteiger partial charge >= 0.3 is 0 Å². The molecule has 2 rings (SSSR count). The molecule has 86 valence electrons. The second kappa shape index (κ2) is 4.97. The van der Waals surface area contributed by atoms with Crippen molar-refractivity contribution in [1.82, 2.24) is 14.7 Å².